The molecule has 66 heavy (non-hydrogen) atoms. The summed E-state index contributed by atoms with van der Waals surface area (Å²) >= 11 is 0. The minimum Gasteiger partial charge on any atom is -0.454 e. The average Bonchev–Trinajstić information content (AvgIpc) is 3.93. The van der Waals surface area contributed by atoms with Crippen LogP contribution in [0.25, 0.3) is 81.0 Å². The number of para-hydroxylation sites is 4. The van der Waals surface area contributed by atoms with E-state index in [9.17, 15) is 5.26 Å². The average molecular weight is 847 g/mol. The standard InChI is InChI=1S/C60H38N4O2/c1-59(2)42-16-8-10-18-47(42)63(55-44(59)28-26-37-35-14-6-12-20-51(35)65-57(37)55)49-30-33(32-61)34-22-24-41-50(31-46(62-5)39-23-25-40(49)53(34)54(39)41)64-48-19-11-9-17-43(48)60(3,4)45-29-27-38-36-15-7-13-21-52(36)66-58(38)56(45)64/h6-31H,1-4H3. The van der Waals surface area contributed by atoms with E-state index in [1.807, 2.05) is 24.3 Å². The monoisotopic (exact) mass is 846 g/mol. The molecule has 0 radical (unpaired) electrons. The Kier molecular flexibility index (Phi) is 7.02. The van der Waals surface area contributed by atoms with Crippen molar-refractivity contribution < 1.29 is 8.83 Å². The molecule has 0 saturated heterocycles. The lowest BCUT2D eigenvalue weighted by Gasteiger charge is -2.42. The Morgan fingerprint density at radius 1 is 0.455 bits per heavy atom. The van der Waals surface area contributed by atoms with Gasteiger partial charge in [0.2, 0.25) is 0 Å². The summed E-state index contributed by atoms with van der Waals surface area (Å²) in [6, 6.07) is 57.8. The Bertz CT molecular complexity index is 3960. The van der Waals surface area contributed by atoms with E-state index >= 15 is 0 Å². The van der Waals surface area contributed by atoms with Crippen LogP contribution in [0.5, 0.6) is 0 Å². The minimum absolute atomic E-state index is 0.362. The molecule has 2 aliphatic heterocycles. The van der Waals surface area contributed by atoms with Crippen LogP contribution in [0.2, 0.25) is 0 Å². The van der Waals surface area contributed by atoms with Gasteiger partial charge >= 0.3 is 0 Å². The fourth-order valence-corrected chi connectivity index (χ4v) is 11.9. The second-order valence-electron chi connectivity index (χ2n) is 19.0. The summed E-state index contributed by atoms with van der Waals surface area (Å²) < 4.78 is 13.8. The molecule has 2 aliphatic rings. The first-order valence-electron chi connectivity index (χ1n) is 22.4. The summed E-state index contributed by atoms with van der Waals surface area (Å²) in [4.78, 5) is 8.94. The molecule has 2 aromatic heterocycles. The third-order valence-corrected chi connectivity index (χ3v) is 15.0. The highest BCUT2D eigenvalue weighted by Crippen LogP contribution is 2.60. The van der Waals surface area contributed by atoms with E-state index in [-0.39, 0.29) is 10.8 Å². The molecule has 0 bridgehead atoms. The van der Waals surface area contributed by atoms with Gasteiger partial charge in [-0.15, -0.1) is 0 Å². The summed E-state index contributed by atoms with van der Waals surface area (Å²) in [5, 5.41) is 20.9. The highest BCUT2D eigenvalue weighted by molar-refractivity contribution is 6.32. The maximum Gasteiger partial charge on any atom is 0.197 e. The Labute approximate surface area is 379 Å². The predicted octanol–water partition coefficient (Wildman–Crippen LogP) is 17.0. The molecule has 14 rings (SSSR count). The van der Waals surface area contributed by atoms with Crippen LogP contribution >= 0.6 is 0 Å². The van der Waals surface area contributed by atoms with Gasteiger partial charge in [-0.2, -0.15) is 5.26 Å². The number of rotatable bonds is 2. The first-order chi connectivity index (χ1) is 32.2. The van der Waals surface area contributed by atoms with Gasteiger partial charge in [0.15, 0.2) is 16.9 Å². The fraction of sp³-hybridized carbons (Fsp3) is 0.100. The zero-order chi connectivity index (χ0) is 44.4. The van der Waals surface area contributed by atoms with E-state index in [1.165, 1.54) is 11.1 Å². The quantitative estimate of drug-likeness (QED) is 0.128. The van der Waals surface area contributed by atoms with E-state index in [2.05, 4.69) is 182 Å². The van der Waals surface area contributed by atoms with Gasteiger partial charge in [-0.25, -0.2) is 4.85 Å². The van der Waals surface area contributed by atoms with Crippen LogP contribution in [0.15, 0.2) is 167 Å². The van der Waals surface area contributed by atoms with Crippen molar-refractivity contribution in [2.45, 2.75) is 38.5 Å². The topological polar surface area (TPSA) is 60.9 Å². The highest BCUT2D eigenvalue weighted by Gasteiger charge is 2.42. The number of benzene rings is 10. The molecular weight excluding hydrogens is 809 g/mol. The van der Waals surface area contributed by atoms with E-state index in [0.717, 1.165) is 121 Å². The molecule has 0 N–H and O–H groups in total. The van der Waals surface area contributed by atoms with Crippen molar-refractivity contribution >= 4 is 116 Å². The van der Waals surface area contributed by atoms with Gasteiger partial charge < -0.3 is 18.6 Å². The number of nitriles is 1. The van der Waals surface area contributed by atoms with Gasteiger partial charge in [-0.1, -0.05) is 149 Å². The van der Waals surface area contributed by atoms with Gasteiger partial charge in [0.05, 0.1) is 46.6 Å². The third-order valence-electron chi connectivity index (χ3n) is 15.0. The van der Waals surface area contributed by atoms with E-state index in [4.69, 9.17) is 15.4 Å². The molecule has 0 saturated carbocycles. The first kappa shape index (κ1) is 36.9. The summed E-state index contributed by atoms with van der Waals surface area (Å²) in [6.07, 6.45) is 0. The summed E-state index contributed by atoms with van der Waals surface area (Å²) in [6.45, 7) is 17.9. The molecule has 12 aromatic rings. The molecule has 0 amide bonds. The maximum atomic E-state index is 11.2. The van der Waals surface area contributed by atoms with E-state index in [1.54, 1.807) is 0 Å². The summed E-state index contributed by atoms with van der Waals surface area (Å²) in [5.74, 6) is 0. The van der Waals surface area contributed by atoms with Crippen LogP contribution in [0.1, 0.15) is 55.5 Å². The lowest BCUT2D eigenvalue weighted by Crippen LogP contribution is -2.31. The molecule has 10 aromatic carbocycles. The molecule has 4 heterocycles. The SMILES string of the molecule is [C-]#[N+]c1cc(N2c3ccccc3C(C)(C)c3ccc4c(oc5ccccc54)c32)c2ccc3c(C#N)cc(N4c5ccccc5C(C)(C)c5ccc6c(oc7ccccc76)c54)c4ccc1c2c34. The van der Waals surface area contributed by atoms with Crippen LogP contribution in [-0.2, 0) is 10.8 Å². The van der Waals surface area contributed by atoms with E-state index < -0.39 is 0 Å². The number of fused-ring (bicyclic) bond motifs is 12. The van der Waals surface area contributed by atoms with Crippen molar-refractivity contribution in [1.82, 2.24) is 0 Å². The second kappa shape index (κ2) is 12.6. The van der Waals surface area contributed by atoms with Crippen molar-refractivity contribution in [2.24, 2.45) is 0 Å². The van der Waals surface area contributed by atoms with Gasteiger partial charge in [-0.05, 0) is 74.8 Å². The van der Waals surface area contributed by atoms with Gasteiger partial charge in [0.25, 0.3) is 0 Å². The number of nitrogens with zero attached hydrogens (tertiary/aromatic N) is 4. The molecular formula is C60H38N4O2. The zero-order valence-electron chi connectivity index (χ0n) is 36.6. The number of hydrogen-bond acceptors (Lipinski definition) is 5. The third kappa shape index (κ3) is 4.48. The lowest BCUT2D eigenvalue weighted by atomic mass is 9.73. The first-order valence-corrected chi connectivity index (χ1v) is 22.4. The minimum atomic E-state index is -0.363. The van der Waals surface area contributed by atoms with Crippen molar-refractivity contribution in [1.29, 1.82) is 5.26 Å². The van der Waals surface area contributed by atoms with Gasteiger partial charge in [-0.3, -0.25) is 0 Å². The van der Waals surface area contributed by atoms with Crippen LogP contribution < -0.4 is 9.80 Å². The van der Waals surface area contributed by atoms with Crippen molar-refractivity contribution in [3.8, 4) is 6.07 Å². The van der Waals surface area contributed by atoms with Crippen LogP contribution in [0, 0.1) is 17.9 Å². The van der Waals surface area contributed by atoms with Gasteiger partial charge in [0.1, 0.15) is 11.2 Å². The molecule has 0 atom stereocenters. The zero-order valence-corrected chi connectivity index (χ0v) is 36.6. The Hall–Kier alpha value is -8.58. The smallest absolute Gasteiger partial charge is 0.197 e. The number of anilines is 6. The molecule has 6 nitrogen and oxygen atoms in total. The Balaban J connectivity index is 1.12. The van der Waals surface area contributed by atoms with E-state index in [0.29, 0.717) is 11.3 Å². The number of furan rings is 2. The van der Waals surface area contributed by atoms with Crippen LogP contribution in [-0.4, -0.2) is 0 Å². The van der Waals surface area contributed by atoms with Crippen LogP contribution in [0.3, 0.4) is 0 Å². The Morgan fingerprint density at radius 3 is 1.42 bits per heavy atom. The second-order valence-corrected chi connectivity index (χ2v) is 19.0. The molecule has 6 heteroatoms. The van der Waals surface area contributed by atoms with Crippen molar-refractivity contribution in [3.05, 3.63) is 197 Å². The molecule has 0 fully saturated rings. The number of hydrogen-bond donors (Lipinski definition) is 0. The summed E-state index contributed by atoms with van der Waals surface area (Å²) in [7, 11) is 0. The Morgan fingerprint density at radius 2 is 0.894 bits per heavy atom. The molecule has 0 spiro atoms. The molecule has 0 aliphatic carbocycles. The molecule has 0 unspecified atom stereocenters. The van der Waals surface area contributed by atoms with Crippen molar-refractivity contribution in [2.75, 3.05) is 9.80 Å². The fourth-order valence-electron chi connectivity index (χ4n) is 11.9. The normalized spacial score (nSPS) is 14.8. The van der Waals surface area contributed by atoms with Crippen molar-refractivity contribution in [3.63, 3.8) is 0 Å². The lowest BCUT2D eigenvalue weighted by molar-refractivity contribution is 0.624. The largest absolute Gasteiger partial charge is 0.454 e. The predicted molar refractivity (Wildman–Crippen MR) is 269 cm³/mol. The molecule has 310 valence electrons. The van der Waals surface area contributed by atoms with Crippen LogP contribution in [0.4, 0.5) is 39.8 Å². The highest BCUT2D eigenvalue weighted by atomic mass is 16.3. The maximum absolute atomic E-state index is 11.2. The summed E-state index contributed by atoms with van der Waals surface area (Å²) in [5.41, 5.74) is 14.0. The van der Waals surface area contributed by atoms with Gasteiger partial charge in [0, 0.05) is 54.2 Å².